The van der Waals surface area contributed by atoms with Crippen molar-refractivity contribution in [2.24, 2.45) is 5.92 Å². The summed E-state index contributed by atoms with van der Waals surface area (Å²) in [5.74, 6) is -2.83. The molecule has 3 heterocycles. The molecule has 0 saturated carbocycles. The molecule has 0 bridgehead atoms. The first-order chi connectivity index (χ1) is 18.9. The van der Waals surface area contributed by atoms with Gasteiger partial charge in [-0.1, -0.05) is 24.6 Å². The normalized spacial score (nSPS) is 17.0. The van der Waals surface area contributed by atoms with E-state index in [4.69, 9.17) is 9.90 Å². The molecule has 0 atom stereocenters. The van der Waals surface area contributed by atoms with Crippen LogP contribution in [-0.2, 0) is 14.8 Å². The third-order valence-electron chi connectivity index (χ3n) is 6.86. The van der Waals surface area contributed by atoms with Crippen LogP contribution in [-0.4, -0.2) is 79.4 Å². The highest BCUT2D eigenvalue weighted by Crippen LogP contribution is 2.29. The number of carboxylic acid groups (broad SMARTS) is 2. The Morgan fingerprint density at radius 3 is 2.15 bits per heavy atom. The van der Waals surface area contributed by atoms with Crippen LogP contribution >= 0.6 is 0 Å². The maximum absolute atomic E-state index is 12.6. The minimum atomic E-state index is -5.08. The number of halogens is 3. The smallest absolute Gasteiger partial charge is 0.478 e. The van der Waals surface area contributed by atoms with Gasteiger partial charge in [0.1, 0.15) is 11.4 Å². The van der Waals surface area contributed by atoms with Gasteiger partial charge in [0.15, 0.2) is 0 Å². The predicted molar refractivity (Wildman–Crippen MR) is 142 cm³/mol. The second kappa shape index (κ2) is 13.8. The number of likely N-dealkylation sites (tertiary alicyclic amines) is 1. The lowest BCUT2D eigenvalue weighted by Gasteiger charge is -2.35. The van der Waals surface area contributed by atoms with Gasteiger partial charge >= 0.3 is 18.1 Å². The molecule has 1 aromatic heterocycles. The van der Waals surface area contributed by atoms with Crippen molar-refractivity contribution in [2.45, 2.75) is 49.6 Å². The molecule has 2 aliphatic heterocycles. The van der Waals surface area contributed by atoms with Crippen LogP contribution in [0.1, 0.15) is 48.9 Å². The Balaban J connectivity index is 0.000000559. The van der Waals surface area contributed by atoms with Crippen LogP contribution in [0.3, 0.4) is 0 Å². The monoisotopic (exact) mass is 586 g/mol. The lowest BCUT2D eigenvalue weighted by Crippen LogP contribution is -2.37. The zero-order chi connectivity index (χ0) is 29.3. The third kappa shape index (κ3) is 9.08. The minimum Gasteiger partial charge on any atom is -0.478 e. The molecule has 0 unspecified atom stereocenters. The number of benzene rings is 1. The van der Waals surface area contributed by atoms with E-state index in [1.165, 1.54) is 63.2 Å². The van der Waals surface area contributed by atoms with Crippen LogP contribution in [0.15, 0.2) is 47.5 Å². The van der Waals surface area contributed by atoms with E-state index in [0.717, 1.165) is 32.5 Å². The van der Waals surface area contributed by atoms with Gasteiger partial charge in [-0.25, -0.2) is 23.0 Å². The number of alkyl halides is 3. The number of aliphatic carboxylic acids is 1. The van der Waals surface area contributed by atoms with E-state index in [2.05, 4.69) is 14.6 Å². The van der Waals surface area contributed by atoms with E-state index in [1.54, 1.807) is 18.2 Å². The average molecular weight is 587 g/mol. The molecule has 14 heteroatoms. The van der Waals surface area contributed by atoms with Crippen LogP contribution in [0.5, 0.6) is 0 Å². The number of carbonyl (C=O) groups is 2. The molecule has 3 N–H and O–H groups in total. The Morgan fingerprint density at radius 2 is 1.60 bits per heavy atom. The van der Waals surface area contributed by atoms with Crippen molar-refractivity contribution < 1.29 is 41.4 Å². The standard InChI is InChI=1S/C24H32N4O4S.C2HF3O2/c29-24(30)22-17-20(26-33(31,32)21-7-3-1-4-8-21)18-25-23(22)28-15-10-19(11-16-28)9-14-27-12-5-2-6-13-27;3-2(4,5)1(6)7/h1,3-4,7-8,17-19,26H,2,5-6,9-16H2,(H,29,30);(H,6,7). The molecular weight excluding hydrogens is 553 g/mol. The number of rotatable bonds is 8. The number of carboxylic acids is 2. The van der Waals surface area contributed by atoms with Crippen molar-refractivity contribution in [3.05, 3.63) is 48.2 Å². The Kier molecular flexibility index (Phi) is 10.7. The van der Waals surface area contributed by atoms with Gasteiger partial charge in [0.25, 0.3) is 10.0 Å². The number of pyridine rings is 1. The van der Waals surface area contributed by atoms with Crippen LogP contribution in [0.4, 0.5) is 24.7 Å². The maximum atomic E-state index is 12.6. The fraction of sp³-hybridized carbons (Fsp3) is 0.500. The zero-order valence-corrected chi connectivity index (χ0v) is 22.6. The number of sulfonamides is 1. The number of nitrogens with zero attached hydrogens (tertiary/aromatic N) is 3. The van der Waals surface area contributed by atoms with Gasteiger partial charge in [-0.3, -0.25) is 4.72 Å². The molecule has 40 heavy (non-hydrogen) atoms. The summed E-state index contributed by atoms with van der Waals surface area (Å²) < 4.78 is 59.3. The molecule has 0 amide bonds. The van der Waals surface area contributed by atoms with Crippen LogP contribution < -0.4 is 9.62 Å². The van der Waals surface area contributed by atoms with E-state index >= 15 is 0 Å². The lowest BCUT2D eigenvalue weighted by atomic mass is 9.93. The van der Waals surface area contributed by atoms with E-state index in [1.807, 2.05) is 4.90 Å². The lowest BCUT2D eigenvalue weighted by molar-refractivity contribution is -0.192. The van der Waals surface area contributed by atoms with E-state index in [0.29, 0.717) is 11.7 Å². The summed E-state index contributed by atoms with van der Waals surface area (Å²) >= 11 is 0. The SMILES string of the molecule is O=C(O)C(F)(F)F.O=C(O)c1cc(NS(=O)(=O)c2ccccc2)cnc1N1CCC(CCN2CCCCC2)CC1. The molecule has 2 saturated heterocycles. The fourth-order valence-corrected chi connectivity index (χ4v) is 5.77. The first-order valence-electron chi connectivity index (χ1n) is 13.0. The molecule has 2 aliphatic rings. The second-order valence-corrected chi connectivity index (χ2v) is 11.4. The number of anilines is 2. The molecule has 10 nitrogen and oxygen atoms in total. The Morgan fingerprint density at radius 1 is 1.00 bits per heavy atom. The number of aromatic nitrogens is 1. The first-order valence-corrected chi connectivity index (χ1v) is 14.4. The summed E-state index contributed by atoms with van der Waals surface area (Å²) in [6.45, 7) is 5.09. The van der Waals surface area contributed by atoms with Crippen molar-refractivity contribution in [3.8, 4) is 0 Å². The summed E-state index contributed by atoms with van der Waals surface area (Å²) in [5.41, 5.74) is 0.145. The summed E-state index contributed by atoms with van der Waals surface area (Å²) in [6, 6.07) is 9.32. The molecule has 0 radical (unpaired) electrons. The fourth-order valence-electron chi connectivity index (χ4n) is 4.72. The molecule has 1 aromatic carbocycles. The number of hydrogen-bond donors (Lipinski definition) is 3. The highest BCUT2D eigenvalue weighted by molar-refractivity contribution is 7.92. The van der Waals surface area contributed by atoms with Crippen LogP contribution in [0, 0.1) is 5.92 Å². The maximum Gasteiger partial charge on any atom is 0.490 e. The first kappa shape index (κ1) is 31.1. The van der Waals surface area contributed by atoms with Crippen LogP contribution in [0.25, 0.3) is 0 Å². The Bertz CT molecular complexity index is 1250. The Hall–Kier alpha value is -3.39. The van der Waals surface area contributed by atoms with Crippen LogP contribution in [0.2, 0.25) is 0 Å². The van der Waals surface area contributed by atoms with E-state index in [9.17, 15) is 31.5 Å². The molecule has 220 valence electrons. The summed E-state index contributed by atoms with van der Waals surface area (Å²) in [7, 11) is -3.82. The van der Waals surface area contributed by atoms with Crippen molar-refractivity contribution in [2.75, 3.05) is 42.3 Å². The summed E-state index contributed by atoms with van der Waals surface area (Å²) in [6.07, 6.45) is 3.48. The van der Waals surface area contributed by atoms with Gasteiger partial charge in [-0.2, -0.15) is 13.2 Å². The van der Waals surface area contributed by atoms with Crippen molar-refractivity contribution >= 4 is 33.5 Å². The van der Waals surface area contributed by atoms with Gasteiger partial charge in [0.2, 0.25) is 0 Å². The third-order valence-corrected chi connectivity index (χ3v) is 8.26. The van der Waals surface area contributed by atoms with Gasteiger partial charge < -0.3 is 20.0 Å². The number of piperidine rings is 2. The van der Waals surface area contributed by atoms with Gasteiger partial charge in [-0.15, -0.1) is 0 Å². The quantitative estimate of drug-likeness (QED) is 0.413. The van der Waals surface area contributed by atoms with Crippen molar-refractivity contribution in [1.82, 2.24) is 9.88 Å². The molecule has 2 fully saturated rings. The number of aromatic carboxylic acids is 1. The molecule has 2 aromatic rings. The number of nitrogens with one attached hydrogen (secondary N) is 1. The van der Waals surface area contributed by atoms with Gasteiger partial charge in [0, 0.05) is 13.1 Å². The van der Waals surface area contributed by atoms with Crippen molar-refractivity contribution in [3.63, 3.8) is 0 Å². The van der Waals surface area contributed by atoms with E-state index < -0.39 is 28.1 Å². The molecule has 0 aliphatic carbocycles. The molecule has 4 rings (SSSR count). The molecule has 0 spiro atoms. The number of hydrogen-bond acceptors (Lipinski definition) is 7. The highest BCUT2D eigenvalue weighted by Gasteiger charge is 2.38. The predicted octanol–water partition coefficient (Wildman–Crippen LogP) is 4.31. The van der Waals surface area contributed by atoms with E-state index in [-0.39, 0.29) is 16.1 Å². The van der Waals surface area contributed by atoms with Crippen molar-refractivity contribution in [1.29, 1.82) is 0 Å². The highest BCUT2D eigenvalue weighted by atomic mass is 32.2. The summed E-state index contributed by atoms with van der Waals surface area (Å²) in [5, 5.41) is 16.9. The molecular formula is C26H33F3N4O6S. The minimum absolute atomic E-state index is 0.00929. The second-order valence-electron chi connectivity index (χ2n) is 9.74. The topological polar surface area (TPSA) is 140 Å². The van der Waals surface area contributed by atoms with Gasteiger partial charge in [-0.05, 0) is 75.9 Å². The average Bonchev–Trinajstić information content (AvgIpc) is 2.93. The van der Waals surface area contributed by atoms with Gasteiger partial charge in [0.05, 0.1) is 16.8 Å². The summed E-state index contributed by atoms with van der Waals surface area (Å²) in [4.78, 5) is 29.9. The largest absolute Gasteiger partial charge is 0.490 e. The zero-order valence-electron chi connectivity index (χ0n) is 21.8. The Labute approximate surface area is 230 Å².